The topological polar surface area (TPSA) is 60.2 Å². The molecule has 0 heterocycles. The van der Waals surface area contributed by atoms with Crippen LogP contribution in [0.3, 0.4) is 0 Å². The van der Waals surface area contributed by atoms with Crippen LogP contribution in [0.15, 0.2) is 0 Å². The van der Waals surface area contributed by atoms with Crippen LogP contribution in [-0.4, -0.2) is 32.6 Å². The van der Waals surface area contributed by atoms with Gasteiger partial charge in [0.15, 0.2) is 0 Å². The van der Waals surface area contributed by atoms with E-state index in [-0.39, 0.29) is 18.7 Å². The van der Waals surface area contributed by atoms with Gasteiger partial charge in [0.05, 0.1) is 5.75 Å². The summed E-state index contributed by atoms with van der Waals surface area (Å²) in [5.41, 5.74) is 3.11. The van der Waals surface area contributed by atoms with Crippen molar-refractivity contribution in [3.63, 3.8) is 0 Å². The summed E-state index contributed by atoms with van der Waals surface area (Å²) >= 11 is 0. The molecule has 3 nitrogen and oxygen atoms in total. The van der Waals surface area contributed by atoms with E-state index in [4.69, 9.17) is 5.73 Å². The first-order valence-electron chi connectivity index (χ1n) is 4.58. The monoisotopic (exact) mass is 225 g/mol. The van der Waals surface area contributed by atoms with Gasteiger partial charge in [-0.1, -0.05) is 20.8 Å². The Morgan fingerprint density at radius 2 is 1.71 bits per heavy atom. The number of rotatable bonds is 4. The first-order valence-corrected chi connectivity index (χ1v) is 6.65. The second-order valence-corrected chi connectivity index (χ2v) is 7.06. The predicted octanol–water partition coefficient (Wildman–Crippen LogP) is 1.13. The Labute approximate surface area is 85.8 Å². The molecule has 1 unspecified atom stereocenters. The van der Waals surface area contributed by atoms with E-state index >= 15 is 0 Å². The summed E-state index contributed by atoms with van der Waals surface area (Å²) in [5.74, 6) is -0.155. The minimum atomic E-state index is -3.12. The number of hydrogen-bond donors (Lipinski definition) is 1. The summed E-state index contributed by atoms with van der Waals surface area (Å²) in [4.78, 5) is 0. The van der Waals surface area contributed by atoms with Crippen LogP contribution >= 0.6 is 0 Å². The average Bonchev–Trinajstić information content (AvgIpc) is 1.96. The summed E-state index contributed by atoms with van der Waals surface area (Å²) < 4.78 is 36.0. The lowest BCUT2D eigenvalue weighted by molar-refractivity contribution is 0.0349. The molecule has 0 spiro atoms. The fourth-order valence-electron chi connectivity index (χ4n) is 1.13. The molecule has 0 aliphatic heterocycles. The highest BCUT2D eigenvalue weighted by atomic mass is 32.2. The van der Waals surface area contributed by atoms with Crippen LogP contribution in [0.4, 0.5) is 4.39 Å². The van der Waals surface area contributed by atoms with E-state index in [2.05, 4.69) is 0 Å². The highest BCUT2D eigenvalue weighted by Gasteiger charge is 2.41. The fourth-order valence-corrected chi connectivity index (χ4v) is 1.82. The largest absolute Gasteiger partial charge is 0.328 e. The van der Waals surface area contributed by atoms with Crippen LogP contribution in [-0.2, 0) is 9.84 Å². The van der Waals surface area contributed by atoms with E-state index in [1.807, 2.05) is 0 Å². The highest BCUT2D eigenvalue weighted by molar-refractivity contribution is 7.90. The smallest absolute Gasteiger partial charge is 0.147 e. The number of hydrogen-bond acceptors (Lipinski definition) is 3. The van der Waals surface area contributed by atoms with Crippen molar-refractivity contribution in [2.75, 3.05) is 18.6 Å². The zero-order valence-electron chi connectivity index (χ0n) is 9.30. The molecule has 0 amide bonds. The molecule has 14 heavy (non-hydrogen) atoms. The Bertz CT molecular complexity index is 282. The number of alkyl halides is 1. The maximum atomic E-state index is 14.2. The molecule has 2 N–H and O–H groups in total. The van der Waals surface area contributed by atoms with Gasteiger partial charge in [0, 0.05) is 12.8 Å². The van der Waals surface area contributed by atoms with Gasteiger partial charge in [-0.05, 0) is 11.8 Å². The molecule has 0 saturated carbocycles. The molecule has 0 aromatic rings. The van der Waals surface area contributed by atoms with Crippen molar-refractivity contribution in [3.05, 3.63) is 0 Å². The summed E-state index contributed by atoms with van der Waals surface area (Å²) in [7, 11) is -3.12. The van der Waals surface area contributed by atoms with Crippen molar-refractivity contribution in [2.45, 2.75) is 32.9 Å². The van der Waals surface area contributed by atoms with Crippen molar-refractivity contribution in [1.29, 1.82) is 0 Å². The molecule has 5 heteroatoms. The van der Waals surface area contributed by atoms with E-state index in [9.17, 15) is 12.8 Å². The zero-order chi connectivity index (χ0) is 11.6. The van der Waals surface area contributed by atoms with Crippen LogP contribution in [0.5, 0.6) is 0 Å². The molecule has 1 atom stereocenters. The highest BCUT2D eigenvalue weighted by Crippen LogP contribution is 2.36. The minimum Gasteiger partial charge on any atom is -0.328 e. The standard InChI is InChI=1S/C9H20FNO2S/c1-8(2,3)9(10,7-11)5-6-14(4,12)13/h5-7,11H2,1-4H3. The van der Waals surface area contributed by atoms with Crippen molar-refractivity contribution in [1.82, 2.24) is 0 Å². The van der Waals surface area contributed by atoms with Crippen LogP contribution in [0.25, 0.3) is 0 Å². The van der Waals surface area contributed by atoms with Gasteiger partial charge in [-0.15, -0.1) is 0 Å². The Balaban J connectivity index is 4.59. The molecular weight excluding hydrogens is 205 g/mol. The van der Waals surface area contributed by atoms with Gasteiger partial charge in [-0.25, -0.2) is 12.8 Å². The van der Waals surface area contributed by atoms with E-state index in [0.717, 1.165) is 6.26 Å². The average molecular weight is 225 g/mol. The predicted molar refractivity (Wildman–Crippen MR) is 56.7 cm³/mol. The maximum Gasteiger partial charge on any atom is 0.147 e. The van der Waals surface area contributed by atoms with Crippen molar-refractivity contribution in [2.24, 2.45) is 11.1 Å². The lowest BCUT2D eigenvalue weighted by Gasteiger charge is -2.36. The minimum absolute atomic E-state index is 0.0359. The molecule has 86 valence electrons. The molecule has 0 fully saturated rings. The molecule has 0 saturated heterocycles. The van der Waals surface area contributed by atoms with Gasteiger partial charge in [0.1, 0.15) is 15.5 Å². The SMILES string of the molecule is CC(C)(C)C(F)(CN)CCS(C)(=O)=O. The first-order chi connectivity index (χ1) is 6.02. The zero-order valence-corrected chi connectivity index (χ0v) is 10.1. The summed E-state index contributed by atoms with van der Waals surface area (Å²) in [6.07, 6.45) is 1.07. The van der Waals surface area contributed by atoms with Crippen molar-refractivity contribution < 1.29 is 12.8 Å². The van der Waals surface area contributed by atoms with E-state index in [1.54, 1.807) is 20.8 Å². The Hall–Kier alpha value is -0.160. The van der Waals surface area contributed by atoms with Crippen molar-refractivity contribution in [3.8, 4) is 0 Å². The van der Waals surface area contributed by atoms with E-state index in [0.29, 0.717) is 0 Å². The third-order valence-electron chi connectivity index (χ3n) is 2.54. The van der Waals surface area contributed by atoms with Gasteiger partial charge in [0.2, 0.25) is 0 Å². The first kappa shape index (κ1) is 13.8. The number of sulfone groups is 1. The Morgan fingerprint density at radius 1 is 1.29 bits per heavy atom. The second kappa shape index (κ2) is 4.14. The fraction of sp³-hybridized carbons (Fsp3) is 1.00. The summed E-state index contributed by atoms with van der Waals surface area (Å²) in [6.45, 7) is 5.03. The van der Waals surface area contributed by atoms with Gasteiger partial charge >= 0.3 is 0 Å². The maximum absolute atomic E-state index is 14.2. The van der Waals surface area contributed by atoms with Crippen LogP contribution < -0.4 is 5.73 Å². The molecular formula is C9H20FNO2S. The van der Waals surface area contributed by atoms with Crippen molar-refractivity contribution >= 4 is 9.84 Å². The second-order valence-electron chi connectivity index (χ2n) is 4.80. The van der Waals surface area contributed by atoms with Crippen LogP contribution in [0, 0.1) is 5.41 Å². The summed E-state index contributed by atoms with van der Waals surface area (Å²) in [5, 5.41) is 0. The lowest BCUT2D eigenvalue weighted by atomic mass is 9.76. The Morgan fingerprint density at radius 3 is 1.93 bits per heavy atom. The summed E-state index contributed by atoms with van der Waals surface area (Å²) in [6, 6.07) is 0. The number of halogens is 1. The molecule has 0 aliphatic carbocycles. The normalized spacial score (nSPS) is 17.9. The third-order valence-corrected chi connectivity index (χ3v) is 3.48. The quantitative estimate of drug-likeness (QED) is 0.780. The molecule has 0 rings (SSSR count). The lowest BCUT2D eigenvalue weighted by Crippen LogP contribution is -2.46. The molecule has 0 radical (unpaired) electrons. The van der Waals surface area contributed by atoms with Gasteiger partial charge in [0.25, 0.3) is 0 Å². The van der Waals surface area contributed by atoms with Gasteiger partial charge in [-0.3, -0.25) is 0 Å². The van der Waals surface area contributed by atoms with E-state index < -0.39 is 20.9 Å². The molecule has 0 aliphatic rings. The van der Waals surface area contributed by atoms with Crippen LogP contribution in [0.2, 0.25) is 0 Å². The van der Waals surface area contributed by atoms with E-state index in [1.165, 1.54) is 0 Å². The molecule has 0 aromatic carbocycles. The number of nitrogens with two attached hydrogens (primary N) is 1. The van der Waals surface area contributed by atoms with Gasteiger partial charge < -0.3 is 5.73 Å². The van der Waals surface area contributed by atoms with Gasteiger partial charge in [-0.2, -0.15) is 0 Å². The van der Waals surface area contributed by atoms with Crippen LogP contribution in [0.1, 0.15) is 27.2 Å². The third kappa shape index (κ3) is 3.92. The Kier molecular flexibility index (Phi) is 4.10. The molecule has 0 aromatic heterocycles. The molecule has 0 bridgehead atoms.